The normalized spacial score (nSPS) is 10.5. The maximum absolute atomic E-state index is 12.5. The van der Waals surface area contributed by atoms with Crippen molar-refractivity contribution >= 4 is 33.4 Å². The molecule has 0 aliphatic rings. The molecule has 0 heterocycles. The van der Waals surface area contributed by atoms with Crippen molar-refractivity contribution in [3.8, 4) is 5.75 Å². The molecular formula is C20H23BrN2O3. The largest absolute Gasteiger partial charge is 0.490 e. The van der Waals surface area contributed by atoms with Crippen LogP contribution >= 0.6 is 15.9 Å². The smallest absolute Gasteiger partial charge is 0.255 e. The molecule has 0 unspecified atom stereocenters. The topological polar surface area (TPSA) is 67.4 Å². The lowest BCUT2D eigenvalue weighted by molar-refractivity contribution is -0.115. The molecule has 0 atom stereocenters. The third-order valence-electron chi connectivity index (χ3n) is 3.71. The highest BCUT2D eigenvalue weighted by molar-refractivity contribution is 9.10. The molecule has 6 heteroatoms. The number of ether oxygens (including phenoxy) is 1. The molecule has 0 spiro atoms. The number of carbonyl (C=O) groups excluding carboxylic acids is 2. The van der Waals surface area contributed by atoms with Crippen molar-refractivity contribution in [2.75, 3.05) is 11.9 Å². The summed E-state index contributed by atoms with van der Waals surface area (Å²) in [6, 6.07) is 11.0. The molecule has 0 fully saturated rings. The minimum absolute atomic E-state index is 0.0665. The van der Waals surface area contributed by atoms with Crippen LogP contribution < -0.4 is 15.4 Å². The van der Waals surface area contributed by atoms with E-state index in [2.05, 4.69) is 26.6 Å². The maximum atomic E-state index is 12.5. The molecule has 2 aromatic rings. The van der Waals surface area contributed by atoms with Crippen molar-refractivity contribution in [3.63, 3.8) is 0 Å². The first-order chi connectivity index (χ1) is 12.3. The van der Waals surface area contributed by atoms with Gasteiger partial charge in [0.2, 0.25) is 5.91 Å². The summed E-state index contributed by atoms with van der Waals surface area (Å²) in [7, 11) is 0. The summed E-state index contributed by atoms with van der Waals surface area (Å²) in [6.07, 6.45) is -0.0665. The minimum Gasteiger partial charge on any atom is -0.490 e. The van der Waals surface area contributed by atoms with E-state index in [0.717, 1.165) is 21.3 Å². The van der Waals surface area contributed by atoms with Crippen molar-refractivity contribution in [1.82, 2.24) is 5.32 Å². The Balaban J connectivity index is 2.03. The van der Waals surface area contributed by atoms with Gasteiger partial charge in [-0.25, -0.2) is 0 Å². The van der Waals surface area contributed by atoms with Gasteiger partial charge in [-0.05, 0) is 57.0 Å². The van der Waals surface area contributed by atoms with E-state index in [1.807, 2.05) is 45.9 Å². The molecule has 0 saturated carbocycles. The van der Waals surface area contributed by atoms with Crippen LogP contribution in [-0.2, 0) is 4.79 Å². The predicted molar refractivity (Wildman–Crippen MR) is 107 cm³/mol. The van der Waals surface area contributed by atoms with Gasteiger partial charge in [-0.1, -0.05) is 34.1 Å². The summed E-state index contributed by atoms with van der Waals surface area (Å²) < 4.78 is 6.51. The first-order valence-electron chi connectivity index (χ1n) is 8.38. The number of halogens is 1. The number of para-hydroxylation sites is 1. The molecule has 0 aromatic heterocycles. The highest BCUT2D eigenvalue weighted by atomic mass is 79.9. The van der Waals surface area contributed by atoms with E-state index in [-0.39, 0.29) is 24.5 Å². The fourth-order valence-corrected chi connectivity index (χ4v) is 2.83. The number of hydrogen-bond acceptors (Lipinski definition) is 3. The van der Waals surface area contributed by atoms with E-state index in [9.17, 15) is 9.59 Å². The molecule has 5 nitrogen and oxygen atoms in total. The highest BCUT2D eigenvalue weighted by Crippen LogP contribution is 2.25. The van der Waals surface area contributed by atoms with Crippen LogP contribution in [0.25, 0.3) is 0 Å². The fourth-order valence-electron chi connectivity index (χ4n) is 2.49. The SMILES string of the molecule is Cc1cccc(C)c1NC(=O)CNC(=O)c1ccc(Br)cc1OC(C)C. The van der Waals surface area contributed by atoms with E-state index in [1.54, 1.807) is 18.2 Å². The lowest BCUT2D eigenvalue weighted by Gasteiger charge is -2.15. The number of carbonyl (C=O) groups is 2. The second kappa shape index (κ2) is 8.85. The molecule has 0 radical (unpaired) electrons. The van der Waals surface area contributed by atoms with Crippen molar-refractivity contribution in [3.05, 3.63) is 57.6 Å². The van der Waals surface area contributed by atoms with Crippen LogP contribution in [0.1, 0.15) is 35.3 Å². The highest BCUT2D eigenvalue weighted by Gasteiger charge is 2.15. The Morgan fingerprint density at radius 2 is 1.77 bits per heavy atom. The number of hydrogen-bond donors (Lipinski definition) is 2. The van der Waals surface area contributed by atoms with Gasteiger partial charge in [-0.2, -0.15) is 0 Å². The van der Waals surface area contributed by atoms with E-state index >= 15 is 0 Å². The third kappa shape index (κ3) is 5.33. The van der Waals surface area contributed by atoms with Crippen molar-refractivity contribution in [2.24, 2.45) is 0 Å². The first-order valence-corrected chi connectivity index (χ1v) is 9.17. The number of benzene rings is 2. The van der Waals surface area contributed by atoms with Crippen LogP contribution in [-0.4, -0.2) is 24.5 Å². The predicted octanol–water partition coefficient (Wildman–Crippen LogP) is 4.22. The van der Waals surface area contributed by atoms with Crippen LogP contribution in [0.15, 0.2) is 40.9 Å². The molecule has 26 heavy (non-hydrogen) atoms. The van der Waals surface area contributed by atoms with Crippen molar-refractivity contribution < 1.29 is 14.3 Å². The lowest BCUT2D eigenvalue weighted by atomic mass is 10.1. The van der Waals surface area contributed by atoms with Crippen LogP contribution in [0.5, 0.6) is 5.75 Å². The van der Waals surface area contributed by atoms with Crippen molar-refractivity contribution in [1.29, 1.82) is 0 Å². The zero-order valence-electron chi connectivity index (χ0n) is 15.4. The number of aryl methyl sites for hydroxylation is 2. The van der Waals surface area contributed by atoms with Gasteiger partial charge in [0.15, 0.2) is 0 Å². The summed E-state index contributed by atoms with van der Waals surface area (Å²) in [6.45, 7) is 7.52. The third-order valence-corrected chi connectivity index (χ3v) is 4.20. The van der Waals surface area contributed by atoms with E-state index in [1.165, 1.54) is 0 Å². The second-order valence-corrected chi connectivity index (χ2v) is 7.22. The monoisotopic (exact) mass is 418 g/mol. The minimum atomic E-state index is -0.357. The molecule has 0 bridgehead atoms. The fraction of sp³-hybridized carbons (Fsp3) is 0.300. The lowest BCUT2D eigenvalue weighted by Crippen LogP contribution is -2.33. The van der Waals surface area contributed by atoms with Gasteiger partial charge in [-0.15, -0.1) is 0 Å². The van der Waals surface area contributed by atoms with Gasteiger partial charge < -0.3 is 15.4 Å². The summed E-state index contributed by atoms with van der Waals surface area (Å²) in [5, 5.41) is 5.49. The van der Waals surface area contributed by atoms with E-state index in [4.69, 9.17) is 4.74 Å². The maximum Gasteiger partial charge on any atom is 0.255 e. The van der Waals surface area contributed by atoms with E-state index < -0.39 is 0 Å². The van der Waals surface area contributed by atoms with Gasteiger partial charge in [0.25, 0.3) is 5.91 Å². The van der Waals surface area contributed by atoms with Crippen LogP contribution in [0.3, 0.4) is 0 Å². The molecule has 0 aliphatic heterocycles. The Kier molecular flexibility index (Phi) is 6.80. The first kappa shape index (κ1) is 20.0. The van der Waals surface area contributed by atoms with E-state index in [0.29, 0.717) is 11.3 Å². The number of rotatable bonds is 6. The zero-order valence-corrected chi connectivity index (χ0v) is 16.9. The second-order valence-electron chi connectivity index (χ2n) is 6.30. The molecule has 2 rings (SSSR count). The zero-order chi connectivity index (χ0) is 19.3. The van der Waals surface area contributed by atoms with Gasteiger partial charge >= 0.3 is 0 Å². The Morgan fingerprint density at radius 1 is 1.12 bits per heavy atom. The quantitative estimate of drug-likeness (QED) is 0.737. The standard InChI is InChI=1S/C20H23BrN2O3/c1-12(2)26-17-10-15(21)8-9-16(17)20(25)22-11-18(24)23-19-13(3)6-5-7-14(19)4/h5-10,12H,11H2,1-4H3,(H,22,25)(H,23,24). The molecule has 0 saturated heterocycles. The Morgan fingerprint density at radius 3 is 2.38 bits per heavy atom. The molecular weight excluding hydrogens is 396 g/mol. The summed E-state index contributed by atoms with van der Waals surface area (Å²) in [4.78, 5) is 24.7. The molecule has 2 amide bonds. The Bertz CT molecular complexity index is 798. The molecule has 2 N–H and O–H groups in total. The number of anilines is 1. The Hall–Kier alpha value is -2.34. The number of amides is 2. The molecule has 2 aromatic carbocycles. The van der Waals surface area contributed by atoms with Gasteiger partial charge in [0, 0.05) is 10.2 Å². The summed E-state index contributed by atoms with van der Waals surface area (Å²) in [5.41, 5.74) is 3.12. The average Bonchev–Trinajstić information content (AvgIpc) is 2.56. The molecule has 138 valence electrons. The van der Waals surface area contributed by atoms with Crippen LogP contribution in [0.4, 0.5) is 5.69 Å². The van der Waals surface area contributed by atoms with Crippen LogP contribution in [0.2, 0.25) is 0 Å². The van der Waals surface area contributed by atoms with Crippen molar-refractivity contribution in [2.45, 2.75) is 33.8 Å². The summed E-state index contributed by atoms with van der Waals surface area (Å²) >= 11 is 3.37. The van der Waals surface area contributed by atoms with Gasteiger partial charge in [0.05, 0.1) is 18.2 Å². The van der Waals surface area contributed by atoms with Gasteiger partial charge in [0.1, 0.15) is 5.75 Å². The van der Waals surface area contributed by atoms with Crippen LogP contribution in [0, 0.1) is 13.8 Å². The number of nitrogens with one attached hydrogen (secondary N) is 2. The Labute approximate surface area is 162 Å². The molecule has 0 aliphatic carbocycles. The average molecular weight is 419 g/mol. The summed E-state index contributed by atoms with van der Waals surface area (Å²) in [5.74, 6) is -0.161. The van der Waals surface area contributed by atoms with Gasteiger partial charge in [-0.3, -0.25) is 9.59 Å².